The third kappa shape index (κ3) is 3.70. The van der Waals surface area contributed by atoms with Crippen molar-refractivity contribution in [3.8, 4) is 0 Å². The molecule has 1 fully saturated rings. The molecule has 2 rings (SSSR count). The van der Waals surface area contributed by atoms with Gasteiger partial charge in [0.1, 0.15) is 0 Å². The zero-order valence-electron chi connectivity index (χ0n) is 10.4. The van der Waals surface area contributed by atoms with Gasteiger partial charge in [-0.25, -0.2) is 4.79 Å². The number of nitrogens with zero attached hydrogens (tertiary/aromatic N) is 1. The first-order valence-electron chi connectivity index (χ1n) is 5.80. The van der Waals surface area contributed by atoms with E-state index in [0.717, 1.165) is 44.0 Å². The fourth-order valence-corrected chi connectivity index (χ4v) is 2.08. The molecule has 0 atom stereocenters. The number of hydrogen-bond donors (Lipinski definition) is 1. The van der Waals surface area contributed by atoms with E-state index in [1.165, 1.54) is 0 Å². The maximum atomic E-state index is 10.9. The average Bonchev–Trinajstić information content (AvgIpc) is 2.30. The monoisotopic (exact) mass is 271 g/mol. The molecule has 1 aromatic carbocycles. The van der Waals surface area contributed by atoms with Crippen molar-refractivity contribution in [1.82, 2.24) is 4.90 Å². The molecule has 0 aliphatic carbocycles. The molecule has 0 aromatic heterocycles. The molecule has 0 spiro atoms. The second-order valence-electron chi connectivity index (χ2n) is 4.34. The Bertz CT molecular complexity index is 417. The first-order valence-corrected chi connectivity index (χ1v) is 5.80. The second kappa shape index (κ2) is 6.73. The molecule has 5 heteroatoms. The summed E-state index contributed by atoms with van der Waals surface area (Å²) in [6.07, 6.45) is 0. The largest absolute Gasteiger partial charge is 0.478 e. The van der Waals surface area contributed by atoms with Gasteiger partial charge in [0.25, 0.3) is 0 Å². The first-order chi connectivity index (χ1) is 8.16. The van der Waals surface area contributed by atoms with Crippen LogP contribution in [0.3, 0.4) is 0 Å². The highest BCUT2D eigenvalue weighted by Crippen LogP contribution is 2.13. The normalized spacial score (nSPS) is 16.1. The Balaban J connectivity index is 0.00000162. The quantitative estimate of drug-likeness (QED) is 0.913. The smallest absolute Gasteiger partial charge is 0.335 e. The van der Waals surface area contributed by atoms with Gasteiger partial charge in [0.05, 0.1) is 18.8 Å². The molecular formula is C13H18ClNO3. The van der Waals surface area contributed by atoms with Gasteiger partial charge in [-0.15, -0.1) is 12.4 Å². The van der Waals surface area contributed by atoms with Gasteiger partial charge in [-0.1, -0.05) is 12.1 Å². The molecule has 1 aromatic rings. The van der Waals surface area contributed by atoms with E-state index in [0.29, 0.717) is 5.56 Å². The molecule has 100 valence electrons. The lowest BCUT2D eigenvalue weighted by Crippen LogP contribution is -2.35. The summed E-state index contributed by atoms with van der Waals surface area (Å²) in [4.78, 5) is 13.2. The molecule has 1 aliphatic heterocycles. The Morgan fingerprint density at radius 3 is 2.61 bits per heavy atom. The molecule has 0 unspecified atom stereocenters. The number of hydrogen-bond acceptors (Lipinski definition) is 3. The number of rotatable bonds is 3. The van der Waals surface area contributed by atoms with Crippen molar-refractivity contribution in [2.75, 3.05) is 26.3 Å². The number of halogens is 1. The molecule has 18 heavy (non-hydrogen) atoms. The van der Waals surface area contributed by atoms with Crippen molar-refractivity contribution in [3.05, 3.63) is 34.9 Å². The summed E-state index contributed by atoms with van der Waals surface area (Å²) in [6.45, 7) is 6.16. The molecule has 4 nitrogen and oxygen atoms in total. The molecule has 0 bridgehead atoms. The summed E-state index contributed by atoms with van der Waals surface area (Å²) in [6, 6.07) is 5.54. The fourth-order valence-electron chi connectivity index (χ4n) is 2.08. The number of aryl methyl sites for hydroxylation is 1. The van der Waals surface area contributed by atoms with E-state index in [-0.39, 0.29) is 12.4 Å². The molecule has 0 amide bonds. The zero-order chi connectivity index (χ0) is 12.3. The Labute approximate surface area is 113 Å². The second-order valence-corrected chi connectivity index (χ2v) is 4.34. The molecule has 1 heterocycles. The SMILES string of the molecule is Cc1cc(CN2CCOCC2)ccc1C(=O)O.Cl. The maximum absolute atomic E-state index is 10.9. The lowest BCUT2D eigenvalue weighted by atomic mass is 10.0. The van der Waals surface area contributed by atoms with Gasteiger partial charge in [0.15, 0.2) is 0 Å². The van der Waals surface area contributed by atoms with E-state index >= 15 is 0 Å². The predicted molar refractivity (Wildman–Crippen MR) is 71.5 cm³/mol. The number of aromatic carboxylic acids is 1. The van der Waals surface area contributed by atoms with Crippen LogP contribution in [0.4, 0.5) is 0 Å². The van der Waals surface area contributed by atoms with Crippen LogP contribution in [0.1, 0.15) is 21.5 Å². The number of morpholine rings is 1. The highest BCUT2D eigenvalue weighted by Gasteiger charge is 2.12. The molecule has 1 aliphatic rings. The van der Waals surface area contributed by atoms with Crippen LogP contribution in [0.15, 0.2) is 18.2 Å². The summed E-state index contributed by atoms with van der Waals surface area (Å²) in [5.74, 6) is -0.861. The number of carboxylic acids is 1. The van der Waals surface area contributed by atoms with Crippen LogP contribution in [0.5, 0.6) is 0 Å². The number of carboxylic acid groups (broad SMARTS) is 1. The van der Waals surface area contributed by atoms with Gasteiger partial charge in [0.2, 0.25) is 0 Å². The highest BCUT2D eigenvalue weighted by molar-refractivity contribution is 5.89. The minimum atomic E-state index is -0.861. The van der Waals surface area contributed by atoms with E-state index in [1.807, 2.05) is 19.1 Å². The van der Waals surface area contributed by atoms with Crippen LogP contribution in [0, 0.1) is 6.92 Å². The third-order valence-corrected chi connectivity index (χ3v) is 3.03. The van der Waals surface area contributed by atoms with Crippen LogP contribution in [-0.2, 0) is 11.3 Å². The summed E-state index contributed by atoms with van der Waals surface area (Å²) in [5.41, 5.74) is 2.37. The third-order valence-electron chi connectivity index (χ3n) is 3.03. The summed E-state index contributed by atoms with van der Waals surface area (Å²) >= 11 is 0. The standard InChI is InChI=1S/C13H17NO3.ClH/c1-10-8-11(2-3-12(10)13(15)16)9-14-4-6-17-7-5-14;/h2-3,8H,4-7,9H2,1H3,(H,15,16);1H. The molecular weight excluding hydrogens is 254 g/mol. The van der Waals surface area contributed by atoms with Crippen LogP contribution >= 0.6 is 12.4 Å². The Hall–Kier alpha value is -1.10. The van der Waals surface area contributed by atoms with Gasteiger partial charge in [0, 0.05) is 19.6 Å². The number of ether oxygens (including phenoxy) is 1. The average molecular weight is 272 g/mol. The zero-order valence-corrected chi connectivity index (χ0v) is 11.2. The van der Waals surface area contributed by atoms with Gasteiger partial charge >= 0.3 is 5.97 Å². The van der Waals surface area contributed by atoms with Gasteiger partial charge in [-0.3, -0.25) is 4.90 Å². The summed E-state index contributed by atoms with van der Waals surface area (Å²) in [5, 5.41) is 8.95. The topological polar surface area (TPSA) is 49.8 Å². The maximum Gasteiger partial charge on any atom is 0.335 e. The summed E-state index contributed by atoms with van der Waals surface area (Å²) in [7, 11) is 0. The summed E-state index contributed by atoms with van der Waals surface area (Å²) < 4.78 is 5.29. The minimum Gasteiger partial charge on any atom is -0.478 e. The van der Waals surface area contributed by atoms with E-state index in [1.54, 1.807) is 6.07 Å². The van der Waals surface area contributed by atoms with Crippen LogP contribution < -0.4 is 0 Å². The van der Waals surface area contributed by atoms with Crippen molar-refractivity contribution in [3.63, 3.8) is 0 Å². The number of carbonyl (C=O) groups is 1. The Morgan fingerprint density at radius 2 is 2.06 bits per heavy atom. The molecule has 1 saturated heterocycles. The van der Waals surface area contributed by atoms with Crippen molar-refractivity contribution >= 4 is 18.4 Å². The van der Waals surface area contributed by atoms with Crippen molar-refractivity contribution in [2.24, 2.45) is 0 Å². The molecule has 0 radical (unpaired) electrons. The van der Waals surface area contributed by atoms with E-state index in [2.05, 4.69) is 4.90 Å². The van der Waals surface area contributed by atoms with Crippen LogP contribution in [0.25, 0.3) is 0 Å². The molecule has 0 saturated carbocycles. The lowest BCUT2D eigenvalue weighted by Gasteiger charge is -2.26. The number of benzene rings is 1. The Morgan fingerprint density at radius 1 is 1.39 bits per heavy atom. The van der Waals surface area contributed by atoms with Gasteiger partial charge in [-0.2, -0.15) is 0 Å². The first kappa shape index (κ1) is 15.0. The van der Waals surface area contributed by atoms with Crippen LogP contribution in [-0.4, -0.2) is 42.3 Å². The van der Waals surface area contributed by atoms with Gasteiger partial charge in [-0.05, 0) is 24.1 Å². The van der Waals surface area contributed by atoms with Gasteiger partial charge < -0.3 is 9.84 Å². The van der Waals surface area contributed by atoms with E-state index < -0.39 is 5.97 Å². The highest BCUT2D eigenvalue weighted by atomic mass is 35.5. The van der Waals surface area contributed by atoms with Crippen LogP contribution in [0.2, 0.25) is 0 Å². The Kier molecular flexibility index (Phi) is 5.59. The molecule has 1 N–H and O–H groups in total. The predicted octanol–water partition coefficient (Wildman–Crippen LogP) is 1.95. The van der Waals surface area contributed by atoms with Crippen molar-refractivity contribution < 1.29 is 14.6 Å². The minimum absolute atomic E-state index is 0. The fraction of sp³-hybridized carbons (Fsp3) is 0.462. The van der Waals surface area contributed by atoms with Crippen molar-refractivity contribution in [2.45, 2.75) is 13.5 Å². The van der Waals surface area contributed by atoms with Crippen molar-refractivity contribution in [1.29, 1.82) is 0 Å². The lowest BCUT2D eigenvalue weighted by molar-refractivity contribution is 0.0342. The van der Waals surface area contributed by atoms with E-state index in [4.69, 9.17) is 9.84 Å². The van der Waals surface area contributed by atoms with E-state index in [9.17, 15) is 4.79 Å².